The van der Waals surface area contributed by atoms with E-state index in [0.717, 1.165) is 46.2 Å². The van der Waals surface area contributed by atoms with Crippen molar-refractivity contribution >= 4 is 22.9 Å². The van der Waals surface area contributed by atoms with E-state index in [-0.39, 0.29) is 5.91 Å². The zero-order valence-electron chi connectivity index (χ0n) is 18.9. The van der Waals surface area contributed by atoms with Gasteiger partial charge in [0.15, 0.2) is 5.82 Å². The summed E-state index contributed by atoms with van der Waals surface area (Å²) in [5.74, 6) is 0.272. The van der Waals surface area contributed by atoms with Gasteiger partial charge in [0.2, 0.25) is 0 Å². The Morgan fingerprint density at radius 2 is 1.76 bits per heavy atom. The first-order chi connectivity index (χ1) is 16.0. The number of benzene rings is 2. The largest absolute Gasteiger partial charge is 0.320 e. The van der Waals surface area contributed by atoms with Gasteiger partial charge in [-0.1, -0.05) is 53.8 Å². The molecule has 2 heterocycles. The molecule has 0 aliphatic carbocycles. The van der Waals surface area contributed by atoms with Gasteiger partial charge < -0.3 is 10.2 Å². The fourth-order valence-electron chi connectivity index (χ4n) is 3.40. The first-order valence-electron chi connectivity index (χ1n) is 10.8. The molecule has 168 valence electrons. The van der Waals surface area contributed by atoms with Crippen molar-refractivity contribution in [3.8, 4) is 22.0 Å². The minimum Gasteiger partial charge on any atom is -0.320 e. The number of para-hydroxylation sites is 1. The Labute approximate surface area is 197 Å². The molecule has 2 aromatic heterocycles. The minimum absolute atomic E-state index is 0.280. The fraction of sp³-hybridized carbons (Fsp3) is 0.240. The second-order valence-corrected chi connectivity index (χ2v) is 9.15. The van der Waals surface area contributed by atoms with Crippen molar-refractivity contribution in [2.45, 2.75) is 19.8 Å². The number of hydrogen-bond acceptors (Lipinski definition) is 7. The number of carbonyl (C=O) groups is 1. The van der Waals surface area contributed by atoms with Crippen LogP contribution in [0.1, 0.15) is 27.6 Å². The Bertz CT molecular complexity index is 1240. The molecule has 0 unspecified atom stereocenters. The van der Waals surface area contributed by atoms with E-state index < -0.39 is 0 Å². The number of nitrogens with one attached hydrogen (secondary N) is 1. The van der Waals surface area contributed by atoms with E-state index >= 15 is 0 Å². The molecular formula is C25H26N6OS. The fourth-order valence-corrected chi connectivity index (χ4v) is 4.14. The Morgan fingerprint density at radius 3 is 2.48 bits per heavy atom. The number of anilines is 1. The SMILES string of the molecule is Cc1nnc(-c2ccccc2NC(=O)c2cc(CCCN(C)C)nc(-c3ccccc3)n2)s1. The van der Waals surface area contributed by atoms with Gasteiger partial charge in [-0.05, 0) is 58.6 Å². The maximum absolute atomic E-state index is 13.3. The number of carbonyl (C=O) groups excluding carboxylic acids is 1. The molecule has 0 atom stereocenters. The molecule has 0 aliphatic heterocycles. The van der Waals surface area contributed by atoms with E-state index in [4.69, 9.17) is 4.98 Å². The van der Waals surface area contributed by atoms with Crippen LogP contribution >= 0.6 is 11.3 Å². The number of nitrogens with zero attached hydrogens (tertiary/aromatic N) is 5. The molecule has 33 heavy (non-hydrogen) atoms. The maximum Gasteiger partial charge on any atom is 0.274 e. The molecule has 2 aromatic carbocycles. The first kappa shape index (κ1) is 22.7. The van der Waals surface area contributed by atoms with Gasteiger partial charge in [0.1, 0.15) is 15.7 Å². The molecule has 0 saturated heterocycles. The Kier molecular flexibility index (Phi) is 7.16. The van der Waals surface area contributed by atoms with E-state index in [1.165, 1.54) is 11.3 Å². The standard InChI is InChI=1S/C25H26N6OS/c1-17-29-30-25(33-17)20-13-7-8-14-21(20)28-24(32)22-16-19(12-9-15-31(2)3)26-23(27-22)18-10-5-4-6-11-18/h4-8,10-11,13-14,16H,9,12,15H2,1-3H3,(H,28,32). The number of aromatic nitrogens is 4. The second-order valence-electron chi connectivity index (χ2n) is 7.97. The number of hydrogen-bond donors (Lipinski definition) is 1. The van der Waals surface area contributed by atoms with Gasteiger partial charge in [0.05, 0.1) is 5.69 Å². The average molecular weight is 459 g/mol. The van der Waals surface area contributed by atoms with Gasteiger partial charge in [-0.3, -0.25) is 4.79 Å². The molecule has 4 rings (SSSR count). The molecule has 0 fully saturated rings. The zero-order chi connectivity index (χ0) is 23.2. The van der Waals surface area contributed by atoms with Gasteiger partial charge in [0, 0.05) is 16.8 Å². The number of rotatable bonds is 8. The summed E-state index contributed by atoms with van der Waals surface area (Å²) in [6.45, 7) is 2.85. The Morgan fingerprint density at radius 1 is 1.00 bits per heavy atom. The van der Waals surface area contributed by atoms with Gasteiger partial charge in [-0.15, -0.1) is 10.2 Å². The predicted molar refractivity (Wildman–Crippen MR) is 132 cm³/mol. The summed E-state index contributed by atoms with van der Waals surface area (Å²) in [6.07, 6.45) is 1.71. The highest BCUT2D eigenvalue weighted by atomic mass is 32.1. The van der Waals surface area contributed by atoms with Crippen LogP contribution in [0.2, 0.25) is 0 Å². The predicted octanol–water partition coefficient (Wildman–Crippen LogP) is 4.72. The second kappa shape index (κ2) is 10.4. The van der Waals surface area contributed by atoms with Crippen LogP contribution in [-0.2, 0) is 6.42 Å². The third-order valence-corrected chi connectivity index (χ3v) is 5.89. The van der Waals surface area contributed by atoms with Crippen LogP contribution in [0.25, 0.3) is 22.0 Å². The summed E-state index contributed by atoms with van der Waals surface area (Å²) in [4.78, 5) is 24.7. The molecule has 4 aromatic rings. The summed E-state index contributed by atoms with van der Waals surface area (Å²) in [7, 11) is 4.09. The lowest BCUT2D eigenvalue weighted by Crippen LogP contribution is -2.17. The van der Waals surface area contributed by atoms with E-state index in [9.17, 15) is 4.79 Å². The van der Waals surface area contributed by atoms with E-state index in [2.05, 4.69) is 25.4 Å². The first-order valence-corrected chi connectivity index (χ1v) is 11.6. The van der Waals surface area contributed by atoms with Crippen molar-refractivity contribution in [1.82, 2.24) is 25.1 Å². The van der Waals surface area contributed by atoms with Crippen LogP contribution in [-0.4, -0.2) is 51.6 Å². The van der Waals surface area contributed by atoms with Crippen LogP contribution in [0.5, 0.6) is 0 Å². The van der Waals surface area contributed by atoms with Crippen molar-refractivity contribution in [2.75, 3.05) is 26.0 Å². The molecule has 0 bridgehead atoms. The molecule has 8 heteroatoms. The maximum atomic E-state index is 13.3. The highest BCUT2D eigenvalue weighted by Gasteiger charge is 2.16. The molecule has 1 amide bonds. The van der Waals surface area contributed by atoms with Crippen molar-refractivity contribution in [3.63, 3.8) is 0 Å². The van der Waals surface area contributed by atoms with E-state index in [1.54, 1.807) is 6.07 Å². The van der Waals surface area contributed by atoms with Crippen LogP contribution in [0.4, 0.5) is 5.69 Å². The summed E-state index contributed by atoms with van der Waals surface area (Å²) >= 11 is 1.49. The molecule has 0 spiro atoms. The Balaban J connectivity index is 1.64. The lowest BCUT2D eigenvalue weighted by molar-refractivity contribution is 0.102. The van der Waals surface area contributed by atoms with E-state index in [1.807, 2.05) is 75.6 Å². The highest BCUT2D eigenvalue weighted by Crippen LogP contribution is 2.30. The third-order valence-electron chi connectivity index (χ3n) is 5.01. The molecule has 0 radical (unpaired) electrons. The van der Waals surface area contributed by atoms with Crippen molar-refractivity contribution < 1.29 is 4.79 Å². The van der Waals surface area contributed by atoms with Crippen molar-refractivity contribution in [1.29, 1.82) is 0 Å². The van der Waals surface area contributed by atoms with Crippen LogP contribution in [0, 0.1) is 6.92 Å². The Hall–Kier alpha value is -3.49. The van der Waals surface area contributed by atoms with Crippen molar-refractivity contribution in [3.05, 3.63) is 77.1 Å². The van der Waals surface area contributed by atoms with Crippen LogP contribution < -0.4 is 5.32 Å². The normalized spacial score (nSPS) is 11.0. The summed E-state index contributed by atoms with van der Waals surface area (Å²) in [6, 6.07) is 19.1. The van der Waals surface area contributed by atoms with Crippen LogP contribution in [0.3, 0.4) is 0 Å². The molecule has 0 aliphatic rings. The highest BCUT2D eigenvalue weighted by molar-refractivity contribution is 7.14. The van der Waals surface area contributed by atoms with Crippen molar-refractivity contribution in [2.24, 2.45) is 0 Å². The summed E-state index contributed by atoms with van der Waals surface area (Å²) < 4.78 is 0. The number of aryl methyl sites for hydroxylation is 2. The van der Waals surface area contributed by atoms with E-state index in [0.29, 0.717) is 17.2 Å². The molecule has 1 N–H and O–H groups in total. The minimum atomic E-state index is -0.280. The summed E-state index contributed by atoms with van der Waals surface area (Å²) in [5.41, 5.74) is 3.58. The van der Waals surface area contributed by atoms with Gasteiger partial charge >= 0.3 is 0 Å². The van der Waals surface area contributed by atoms with Crippen LogP contribution in [0.15, 0.2) is 60.7 Å². The quantitative estimate of drug-likeness (QED) is 0.411. The average Bonchev–Trinajstić information content (AvgIpc) is 3.25. The topological polar surface area (TPSA) is 83.9 Å². The van der Waals surface area contributed by atoms with Gasteiger partial charge in [0.25, 0.3) is 5.91 Å². The molecular weight excluding hydrogens is 432 g/mol. The molecule has 0 saturated carbocycles. The van der Waals surface area contributed by atoms with Gasteiger partial charge in [-0.25, -0.2) is 9.97 Å². The monoisotopic (exact) mass is 458 g/mol. The summed E-state index contributed by atoms with van der Waals surface area (Å²) in [5, 5.41) is 13.0. The lowest BCUT2D eigenvalue weighted by Gasteiger charge is -2.12. The third kappa shape index (κ3) is 5.85. The zero-order valence-corrected chi connectivity index (χ0v) is 19.8. The van der Waals surface area contributed by atoms with Gasteiger partial charge in [-0.2, -0.15) is 0 Å². The number of amides is 1. The smallest absolute Gasteiger partial charge is 0.274 e. The lowest BCUT2D eigenvalue weighted by atomic mass is 10.1. The molecule has 7 nitrogen and oxygen atoms in total.